The van der Waals surface area contributed by atoms with Crippen LogP contribution in [-0.2, 0) is 19.1 Å². The maximum absolute atomic E-state index is 11.4. The zero-order valence-electron chi connectivity index (χ0n) is 11.4. The summed E-state index contributed by atoms with van der Waals surface area (Å²) in [5, 5.41) is 0. The lowest BCUT2D eigenvalue weighted by Gasteiger charge is -2.27. The molecule has 4 nitrogen and oxygen atoms in total. The fraction of sp³-hybridized carbons (Fsp3) is 0.857. The summed E-state index contributed by atoms with van der Waals surface area (Å²) in [7, 11) is 0. The van der Waals surface area contributed by atoms with Gasteiger partial charge in [-0.15, -0.1) is 0 Å². The van der Waals surface area contributed by atoms with E-state index in [1.807, 2.05) is 13.8 Å². The predicted octanol–water partition coefficient (Wildman–Crippen LogP) is 2.70. The molecule has 1 fully saturated rings. The Balaban J connectivity index is 2.31. The van der Waals surface area contributed by atoms with Crippen LogP contribution in [0.1, 0.15) is 52.4 Å². The predicted molar refractivity (Wildman–Crippen MR) is 67.9 cm³/mol. The fourth-order valence-corrected chi connectivity index (χ4v) is 2.68. The SMILES string of the molecule is CCOC(=O)C[C@H]1CCC[C@@H](CC(=O)OCC)C1. The Labute approximate surface area is 109 Å². The van der Waals surface area contributed by atoms with Gasteiger partial charge in [0, 0.05) is 12.8 Å². The molecule has 4 heteroatoms. The van der Waals surface area contributed by atoms with Gasteiger partial charge in [-0.1, -0.05) is 6.42 Å². The largest absolute Gasteiger partial charge is 0.466 e. The zero-order valence-corrected chi connectivity index (χ0v) is 11.4. The fourth-order valence-electron chi connectivity index (χ4n) is 2.68. The van der Waals surface area contributed by atoms with E-state index in [-0.39, 0.29) is 11.9 Å². The molecule has 0 aromatic carbocycles. The smallest absolute Gasteiger partial charge is 0.306 e. The molecule has 18 heavy (non-hydrogen) atoms. The molecule has 1 aliphatic carbocycles. The standard InChI is InChI=1S/C14H24O4/c1-3-17-13(15)9-11-6-5-7-12(8-11)10-14(16)18-4-2/h11-12H,3-10H2,1-2H3/t11-,12+. The van der Waals surface area contributed by atoms with E-state index in [1.165, 1.54) is 0 Å². The summed E-state index contributed by atoms with van der Waals surface area (Å²) in [5.41, 5.74) is 0. The average Bonchev–Trinajstić information content (AvgIpc) is 2.29. The van der Waals surface area contributed by atoms with Gasteiger partial charge >= 0.3 is 11.9 Å². The van der Waals surface area contributed by atoms with Gasteiger partial charge in [0.05, 0.1) is 13.2 Å². The van der Waals surface area contributed by atoms with E-state index in [9.17, 15) is 9.59 Å². The molecule has 0 N–H and O–H groups in total. The van der Waals surface area contributed by atoms with Gasteiger partial charge in [0.25, 0.3) is 0 Å². The Kier molecular flexibility index (Phi) is 6.76. The van der Waals surface area contributed by atoms with E-state index in [0.29, 0.717) is 37.9 Å². The molecular weight excluding hydrogens is 232 g/mol. The highest BCUT2D eigenvalue weighted by atomic mass is 16.5. The van der Waals surface area contributed by atoms with Gasteiger partial charge in [0.1, 0.15) is 0 Å². The second-order valence-corrected chi connectivity index (χ2v) is 4.92. The number of hydrogen-bond donors (Lipinski definition) is 0. The van der Waals surface area contributed by atoms with Gasteiger partial charge in [-0.05, 0) is 44.9 Å². The Morgan fingerprint density at radius 2 is 1.39 bits per heavy atom. The molecule has 0 aromatic rings. The van der Waals surface area contributed by atoms with Gasteiger partial charge in [-0.2, -0.15) is 0 Å². The molecule has 1 saturated carbocycles. The van der Waals surface area contributed by atoms with Crippen molar-refractivity contribution in [3.05, 3.63) is 0 Å². The van der Waals surface area contributed by atoms with Crippen molar-refractivity contribution in [2.24, 2.45) is 11.8 Å². The van der Waals surface area contributed by atoms with Crippen molar-refractivity contribution < 1.29 is 19.1 Å². The van der Waals surface area contributed by atoms with Crippen LogP contribution < -0.4 is 0 Å². The molecule has 0 spiro atoms. The summed E-state index contributed by atoms with van der Waals surface area (Å²) in [4.78, 5) is 22.9. The first kappa shape index (κ1) is 15.0. The Morgan fingerprint density at radius 3 is 1.78 bits per heavy atom. The van der Waals surface area contributed by atoms with Crippen LogP contribution in [0.2, 0.25) is 0 Å². The Bertz CT molecular complexity index is 249. The summed E-state index contributed by atoms with van der Waals surface area (Å²) < 4.78 is 9.94. The van der Waals surface area contributed by atoms with E-state index in [1.54, 1.807) is 0 Å². The lowest BCUT2D eigenvalue weighted by Crippen LogP contribution is -2.22. The molecule has 1 aliphatic rings. The first-order valence-electron chi connectivity index (χ1n) is 6.96. The number of rotatable bonds is 6. The van der Waals surface area contributed by atoms with Crippen LogP contribution in [0, 0.1) is 11.8 Å². The molecule has 0 saturated heterocycles. The van der Waals surface area contributed by atoms with E-state index < -0.39 is 0 Å². The first-order chi connectivity index (χ1) is 8.65. The van der Waals surface area contributed by atoms with Crippen molar-refractivity contribution in [1.82, 2.24) is 0 Å². The molecule has 0 amide bonds. The van der Waals surface area contributed by atoms with E-state index >= 15 is 0 Å². The number of esters is 2. The second-order valence-electron chi connectivity index (χ2n) is 4.92. The minimum absolute atomic E-state index is 0.112. The van der Waals surface area contributed by atoms with E-state index in [4.69, 9.17) is 9.47 Å². The molecule has 0 bridgehead atoms. The van der Waals surface area contributed by atoms with Crippen LogP contribution in [0.5, 0.6) is 0 Å². The average molecular weight is 256 g/mol. The van der Waals surface area contributed by atoms with Crippen molar-refractivity contribution in [3.8, 4) is 0 Å². The van der Waals surface area contributed by atoms with Crippen molar-refractivity contribution in [2.45, 2.75) is 52.4 Å². The van der Waals surface area contributed by atoms with Gasteiger partial charge < -0.3 is 9.47 Å². The maximum atomic E-state index is 11.4. The molecule has 1 rings (SSSR count). The molecule has 104 valence electrons. The highest BCUT2D eigenvalue weighted by molar-refractivity contribution is 5.70. The van der Waals surface area contributed by atoms with Crippen LogP contribution in [0.3, 0.4) is 0 Å². The normalized spacial score (nSPS) is 23.4. The zero-order chi connectivity index (χ0) is 13.4. The second kappa shape index (κ2) is 8.11. The van der Waals surface area contributed by atoms with Crippen LogP contribution in [0.4, 0.5) is 0 Å². The topological polar surface area (TPSA) is 52.6 Å². The van der Waals surface area contributed by atoms with Crippen molar-refractivity contribution in [2.75, 3.05) is 13.2 Å². The monoisotopic (exact) mass is 256 g/mol. The third kappa shape index (κ3) is 5.52. The Morgan fingerprint density at radius 1 is 0.944 bits per heavy atom. The molecule has 2 atom stereocenters. The minimum Gasteiger partial charge on any atom is -0.466 e. The summed E-state index contributed by atoms with van der Waals surface area (Å²) in [6.45, 7) is 4.53. The summed E-state index contributed by atoms with van der Waals surface area (Å²) in [5.74, 6) is 0.521. The van der Waals surface area contributed by atoms with Crippen molar-refractivity contribution >= 4 is 11.9 Å². The number of carbonyl (C=O) groups excluding carboxylic acids is 2. The lowest BCUT2D eigenvalue weighted by atomic mass is 9.78. The van der Waals surface area contributed by atoms with E-state index in [2.05, 4.69) is 0 Å². The van der Waals surface area contributed by atoms with Crippen LogP contribution >= 0.6 is 0 Å². The molecule has 0 radical (unpaired) electrons. The van der Waals surface area contributed by atoms with Crippen molar-refractivity contribution in [1.29, 1.82) is 0 Å². The van der Waals surface area contributed by atoms with Crippen LogP contribution in [0.25, 0.3) is 0 Å². The number of carbonyl (C=O) groups is 2. The highest BCUT2D eigenvalue weighted by Gasteiger charge is 2.26. The van der Waals surface area contributed by atoms with Gasteiger partial charge in [-0.3, -0.25) is 9.59 Å². The van der Waals surface area contributed by atoms with Gasteiger partial charge in [0.15, 0.2) is 0 Å². The molecule has 0 heterocycles. The van der Waals surface area contributed by atoms with Crippen LogP contribution in [-0.4, -0.2) is 25.2 Å². The molecule has 0 aromatic heterocycles. The summed E-state index contributed by atoms with van der Waals surface area (Å²) in [6, 6.07) is 0. The lowest BCUT2D eigenvalue weighted by molar-refractivity contribution is -0.145. The molecule has 0 unspecified atom stereocenters. The quantitative estimate of drug-likeness (QED) is 0.686. The van der Waals surface area contributed by atoms with Crippen LogP contribution in [0.15, 0.2) is 0 Å². The number of hydrogen-bond acceptors (Lipinski definition) is 4. The maximum Gasteiger partial charge on any atom is 0.306 e. The molecule has 0 aliphatic heterocycles. The minimum atomic E-state index is -0.112. The first-order valence-corrected chi connectivity index (χ1v) is 6.96. The third-order valence-electron chi connectivity index (χ3n) is 3.41. The summed E-state index contributed by atoms with van der Waals surface area (Å²) in [6.07, 6.45) is 5.16. The van der Waals surface area contributed by atoms with Gasteiger partial charge in [-0.25, -0.2) is 0 Å². The third-order valence-corrected chi connectivity index (χ3v) is 3.41. The number of ether oxygens (including phenoxy) is 2. The van der Waals surface area contributed by atoms with E-state index in [0.717, 1.165) is 25.7 Å². The highest BCUT2D eigenvalue weighted by Crippen LogP contribution is 2.33. The summed E-state index contributed by atoms with van der Waals surface area (Å²) >= 11 is 0. The van der Waals surface area contributed by atoms with Crippen molar-refractivity contribution in [3.63, 3.8) is 0 Å². The Hall–Kier alpha value is -1.06. The molecular formula is C14H24O4. The van der Waals surface area contributed by atoms with Gasteiger partial charge in [0.2, 0.25) is 0 Å².